The third-order valence-corrected chi connectivity index (χ3v) is 5.98. The van der Waals surface area contributed by atoms with E-state index in [0.717, 1.165) is 12.0 Å². The average Bonchev–Trinajstić information content (AvgIpc) is 3.27. The van der Waals surface area contributed by atoms with Crippen molar-refractivity contribution in [3.8, 4) is 22.9 Å². The van der Waals surface area contributed by atoms with E-state index in [9.17, 15) is 22.4 Å². The lowest BCUT2D eigenvalue weighted by Crippen LogP contribution is -2.14. The Labute approximate surface area is 217 Å². The summed E-state index contributed by atoms with van der Waals surface area (Å²) in [6.45, 7) is 3.42. The number of benzene rings is 3. The maximum Gasteiger partial charge on any atom is 0.390 e. The molecule has 0 atom stereocenters. The molecule has 0 spiro atoms. The van der Waals surface area contributed by atoms with Crippen molar-refractivity contribution in [2.45, 2.75) is 39.3 Å². The monoisotopic (exact) mass is 529 g/mol. The van der Waals surface area contributed by atoms with Gasteiger partial charge in [0.05, 0.1) is 24.7 Å². The van der Waals surface area contributed by atoms with Crippen molar-refractivity contribution in [1.29, 1.82) is 0 Å². The van der Waals surface area contributed by atoms with Crippen molar-refractivity contribution in [3.05, 3.63) is 71.8 Å². The number of aromatic nitrogens is 2. The van der Waals surface area contributed by atoms with Crippen LogP contribution < -0.4 is 14.8 Å². The molecule has 0 fully saturated rings. The number of para-hydroxylation sites is 1. The van der Waals surface area contributed by atoms with Gasteiger partial charge in [-0.05, 0) is 49.2 Å². The number of Topliss-reactive ketones (excluding diaryl/α,β-unsaturated/α-hetero) is 1. The quantitative estimate of drug-likeness (QED) is 0.169. The molecule has 0 aliphatic heterocycles. The van der Waals surface area contributed by atoms with Crippen LogP contribution in [0.5, 0.6) is 17.2 Å². The van der Waals surface area contributed by atoms with E-state index in [1.807, 2.05) is 19.9 Å². The number of ketones is 1. The van der Waals surface area contributed by atoms with Crippen LogP contribution in [0, 0.1) is 12.7 Å². The van der Waals surface area contributed by atoms with E-state index in [-0.39, 0.29) is 29.6 Å². The minimum absolute atomic E-state index is 0.0583. The molecule has 6 nitrogen and oxygen atoms in total. The maximum absolute atomic E-state index is 14.2. The predicted molar refractivity (Wildman–Crippen MR) is 137 cm³/mol. The van der Waals surface area contributed by atoms with Crippen LogP contribution in [-0.4, -0.2) is 35.2 Å². The summed E-state index contributed by atoms with van der Waals surface area (Å²) in [5.41, 5.74) is 3.43. The number of carbonyl (C=O) groups is 1. The number of ether oxygens (including phenoxy) is 2. The largest absolute Gasteiger partial charge is 0.490 e. The molecule has 0 aliphatic carbocycles. The van der Waals surface area contributed by atoms with Gasteiger partial charge in [0.1, 0.15) is 17.6 Å². The van der Waals surface area contributed by atoms with Crippen molar-refractivity contribution in [2.75, 3.05) is 19.0 Å². The normalized spacial score (nSPS) is 11.6. The van der Waals surface area contributed by atoms with Crippen LogP contribution >= 0.6 is 0 Å². The van der Waals surface area contributed by atoms with E-state index >= 15 is 0 Å². The lowest BCUT2D eigenvalue weighted by Gasteiger charge is -2.15. The lowest BCUT2D eigenvalue weighted by atomic mass is 10.0. The topological polar surface area (TPSA) is 65.4 Å². The van der Waals surface area contributed by atoms with E-state index in [0.29, 0.717) is 34.4 Å². The zero-order valence-corrected chi connectivity index (χ0v) is 21.2. The molecule has 1 N–H and O–H groups in total. The Morgan fingerprint density at radius 2 is 1.92 bits per heavy atom. The number of imidazole rings is 1. The van der Waals surface area contributed by atoms with Crippen LogP contribution in [0.2, 0.25) is 0 Å². The molecule has 0 bridgehead atoms. The first-order valence-electron chi connectivity index (χ1n) is 12.1. The predicted octanol–water partition coefficient (Wildman–Crippen LogP) is 7.62. The summed E-state index contributed by atoms with van der Waals surface area (Å²) in [5, 5.41) is 2.80. The van der Waals surface area contributed by atoms with Crippen molar-refractivity contribution < 1.29 is 31.8 Å². The molecule has 1 aromatic heterocycles. The summed E-state index contributed by atoms with van der Waals surface area (Å²) >= 11 is 0. The maximum atomic E-state index is 14.2. The summed E-state index contributed by atoms with van der Waals surface area (Å²) in [6.07, 6.45) is -2.62. The summed E-state index contributed by atoms with van der Waals surface area (Å²) in [4.78, 5) is 16.9. The van der Waals surface area contributed by atoms with Crippen LogP contribution in [0.4, 0.5) is 23.2 Å². The Kier molecular flexibility index (Phi) is 7.89. The number of carbonyl (C=O) groups excluding carboxylic acids is 1. The van der Waals surface area contributed by atoms with Crippen LogP contribution in [0.1, 0.15) is 42.1 Å². The Morgan fingerprint density at radius 3 is 2.61 bits per heavy atom. The highest BCUT2D eigenvalue weighted by Gasteiger charge is 2.26. The first-order chi connectivity index (χ1) is 18.1. The van der Waals surface area contributed by atoms with Crippen LogP contribution in [0.15, 0.2) is 54.9 Å². The molecule has 0 radical (unpaired) electrons. The van der Waals surface area contributed by atoms with Gasteiger partial charge in [-0.3, -0.25) is 9.36 Å². The van der Waals surface area contributed by atoms with E-state index in [2.05, 4.69) is 10.3 Å². The van der Waals surface area contributed by atoms with Gasteiger partial charge in [-0.15, -0.1) is 0 Å². The number of alkyl halides is 3. The van der Waals surface area contributed by atoms with Gasteiger partial charge in [-0.25, -0.2) is 9.37 Å². The minimum Gasteiger partial charge on any atom is -0.490 e. The molecule has 38 heavy (non-hydrogen) atoms. The molecule has 0 unspecified atom stereocenters. The van der Waals surface area contributed by atoms with Crippen molar-refractivity contribution >= 4 is 22.5 Å². The first-order valence-corrected chi connectivity index (χ1v) is 12.1. The molecule has 0 saturated carbocycles. The van der Waals surface area contributed by atoms with Gasteiger partial charge in [0.15, 0.2) is 23.1 Å². The summed E-state index contributed by atoms with van der Waals surface area (Å²) in [5.74, 6) is -0.315. The average molecular weight is 530 g/mol. The fourth-order valence-corrected chi connectivity index (χ4v) is 4.20. The summed E-state index contributed by atoms with van der Waals surface area (Å²) in [6, 6.07) is 12.8. The van der Waals surface area contributed by atoms with Crippen molar-refractivity contribution in [2.24, 2.45) is 0 Å². The molecule has 0 saturated heterocycles. The van der Waals surface area contributed by atoms with Crippen LogP contribution in [0.25, 0.3) is 16.7 Å². The number of halogens is 4. The molecule has 200 valence electrons. The number of hydrogen-bond donors (Lipinski definition) is 1. The first kappa shape index (κ1) is 27.0. The highest BCUT2D eigenvalue weighted by atomic mass is 19.4. The van der Waals surface area contributed by atoms with E-state index < -0.39 is 18.4 Å². The summed E-state index contributed by atoms with van der Waals surface area (Å²) < 4.78 is 65.4. The van der Waals surface area contributed by atoms with Gasteiger partial charge in [-0.1, -0.05) is 13.0 Å². The van der Waals surface area contributed by atoms with Gasteiger partial charge in [-0.2, -0.15) is 13.2 Å². The lowest BCUT2D eigenvalue weighted by molar-refractivity contribution is -0.131. The standard InChI is InChI=1S/C28H27F4N3O3/c1-4-6-24(36)20-10-9-18(13-17(20)2)35-16-34-26-22(33-12-11-28(30,31)32)14-19(15-23(26)35)38-25-8-5-7-21(29)27(25)37-3/h5,7-10,13-16,33H,4,6,11-12H2,1-3H3. The fraction of sp³-hybridized carbons (Fsp3) is 0.286. The Hall–Kier alpha value is -4.08. The Bertz CT molecular complexity index is 1460. The number of nitrogens with one attached hydrogen (secondary N) is 1. The third-order valence-electron chi connectivity index (χ3n) is 5.98. The second-order valence-corrected chi connectivity index (χ2v) is 8.79. The number of rotatable bonds is 10. The van der Waals surface area contributed by atoms with E-state index in [1.165, 1.54) is 31.4 Å². The number of nitrogens with zero attached hydrogens (tertiary/aromatic N) is 2. The smallest absolute Gasteiger partial charge is 0.390 e. The molecular formula is C28H27F4N3O3. The van der Waals surface area contributed by atoms with Crippen molar-refractivity contribution in [3.63, 3.8) is 0 Å². The second-order valence-electron chi connectivity index (χ2n) is 8.79. The SMILES string of the molecule is CCCC(=O)c1ccc(-n2cnc3c(NCCC(F)(F)F)cc(Oc4cccc(F)c4OC)cc32)cc1C. The molecule has 10 heteroatoms. The van der Waals surface area contributed by atoms with Crippen molar-refractivity contribution in [1.82, 2.24) is 9.55 Å². The van der Waals surface area contributed by atoms with Gasteiger partial charge < -0.3 is 14.8 Å². The molecule has 4 rings (SSSR count). The number of aryl methyl sites for hydroxylation is 1. The highest BCUT2D eigenvalue weighted by Crippen LogP contribution is 2.37. The van der Waals surface area contributed by atoms with E-state index in [4.69, 9.17) is 9.47 Å². The third kappa shape index (κ3) is 5.90. The fourth-order valence-electron chi connectivity index (χ4n) is 4.20. The van der Waals surface area contributed by atoms with Gasteiger partial charge in [0.2, 0.25) is 0 Å². The number of methoxy groups -OCH3 is 1. The Morgan fingerprint density at radius 1 is 1.13 bits per heavy atom. The second kappa shape index (κ2) is 11.1. The number of fused-ring (bicyclic) bond motifs is 1. The molecule has 3 aromatic carbocycles. The number of anilines is 1. The van der Waals surface area contributed by atoms with Gasteiger partial charge in [0, 0.05) is 36.3 Å². The molecule has 4 aromatic rings. The van der Waals surface area contributed by atoms with Gasteiger partial charge in [0.25, 0.3) is 0 Å². The van der Waals surface area contributed by atoms with E-state index in [1.54, 1.807) is 29.1 Å². The molecular weight excluding hydrogens is 502 g/mol. The zero-order chi connectivity index (χ0) is 27.4. The van der Waals surface area contributed by atoms with Crippen LogP contribution in [-0.2, 0) is 0 Å². The zero-order valence-electron chi connectivity index (χ0n) is 21.2. The molecule has 0 amide bonds. The highest BCUT2D eigenvalue weighted by molar-refractivity contribution is 5.98. The molecule has 1 heterocycles. The molecule has 0 aliphatic rings. The Balaban J connectivity index is 1.78. The minimum atomic E-state index is -4.33. The summed E-state index contributed by atoms with van der Waals surface area (Å²) in [7, 11) is 1.31. The van der Waals surface area contributed by atoms with Gasteiger partial charge >= 0.3 is 6.18 Å². The number of hydrogen-bond acceptors (Lipinski definition) is 5. The van der Waals surface area contributed by atoms with Crippen LogP contribution in [0.3, 0.4) is 0 Å².